The van der Waals surface area contributed by atoms with Crippen molar-refractivity contribution >= 4 is 34.6 Å². The summed E-state index contributed by atoms with van der Waals surface area (Å²) in [5, 5.41) is 21.6. The van der Waals surface area contributed by atoms with Gasteiger partial charge in [-0.1, -0.05) is 59.6 Å². The van der Waals surface area contributed by atoms with Crippen molar-refractivity contribution in [1.82, 2.24) is 4.90 Å². The molecule has 1 aliphatic heterocycles. The monoisotopic (exact) mass is 525 g/mol. The second kappa shape index (κ2) is 12.0. The second-order valence-electron chi connectivity index (χ2n) is 9.01. The number of anilines is 1. The Labute approximate surface area is 222 Å². The van der Waals surface area contributed by atoms with Gasteiger partial charge in [-0.15, -0.1) is 0 Å². The van der Waals surface area contributed by atoms with E-state index >= 15 is 0 Å². The van der Waals surface area contributed by atoms with Crippen molar-refractivity contribution in [3.8, 4) is 5.75 Å². The SMILES string of the molecule is [C-]#[N+]c1ccc([C@H](O)CN2CCN(c3ccc(OC[C@H](C)O)cc3Cl)[C@H](c3ccc(Cl)cc3)C2)cc1. The molecule has 0 saturated carbocycles. The Morgan fingerprint density at radius 3 is 2.39 bits per heavy atom. The fourth-order valence-electron chi connectivity index (χ4n) is 4.41. The molecule has 2 N–H and O–H groups in total. The first-order valence-electron chi connectivity index (χ1n) is 11.8. The van der Waals surface area contributed by atoms with Crippen LogP contribution in [0.5, 0.6) is 5.75 Å². The highest BCUT2D eigenvalue weighted by Crippen LogP contribution is 2.37. The summed E-state index contributed by atoms with van der Waals surface area (Å²) in [6.45, 7) is 11.6. The van der Waals surface area contributed by atoms with Crippen LogP contribution in [-0.4, -0.2) is 54.0 Å². The lowest BCUT2D eigenvalue weighted by molar-refractivity contribution is 0.100. The van der Waals surface area contributed by atoms with Crippen molar-refractivity contribution in [2.45, 2.75) is 25.2 Å². The summed E-state index contributed by atoms with van der Waals surface area (Å²) < 4.78 is 5.61. The van der Waals surface area contributed by atoms with E-state index in [-0.39, 0.29) is 12.6 Å². The standard InChI is InChI=1S/C28H29Cl2N3O3/c1-19(34)18-36-24-11-12-26(25(30)15-24)33-14-13-32(16-27(33)20-3-7-22(29)8-4-20)17-28(35)21-5-9-23(31-2)10-6-21/h3-12,15,19,27-28,34-35H,13-14,16-18H2,1H3/t19-,27-,28+/m0/s1. The minimum absolute atomic E-state index is 0.00515. The van der Waals surface area contributed by atoms with Gasteiger partial charge in [0.05, 0.1) is 35.5 Å². The summed E-state index contributed by atoms with van der Waals surface area (Å²) in [6, 6.07) is 20.5. The first-order chi connectivity index (χ1) is 17.3. The van der Waals surface area contributed by atoms with Gasteiger partial charge in [-0.05, 0) is 42.3 Å². The number of halogens is 2. The summed E-state index contributed by atoms with van der Waals surface area (Å²) in [4.78, 5) is 7.94. The second-order valence-corrected chi connectivity index (χ2v) is 9.86. The van der Waals surface area contributed by atoms with Crippen molar-refractivity contribution in [2.24, 2.45) is 0 Å². The van der Waals surface area contributed by atoms with Crippen molar-refractivity contribution in [3.05, 3.63) is 99.3 Å². The van der Waals surface area contributed by atoms with Crippen LogP contribution in [0.25, 0.3) is 4.85 Å². The first kappa shape index (κ1) is 26.3. The van der Waals surface area contributed by atoms with E-state index in [0.29, 0.717) is 41.1 Å². The Kier molecular flexibility index (Phi) is 8.73. The van der Waals surface area contributed by atoms with Gasteiger partial charge in [-0.2, -0.15) is 0 Å². The molecule has 3 atom stereocenters. The van der Waals surface area contributed by atoms with Crippen LogP contribution in [0.2, 0.25) is 10.0 Å². The highest BCUT2D eigenvalue weighted by molar-refractivity contribution is 6.33. The minimum Gasteiger partial charge on any atom is -0.491 e. The molecular weight excluding hydrogens is 497 g/mol. The summed E-state index contributed by atoms with van der Waals surface area (Å²) >= 11 is 12.9. The number of ether oxygens (including phenoxy) is 1. The molecule has 0 amide bonds. The molecule has 3 aromatic carbocycles. The summed E-state index contributed by atoms with van der Waals surface area (Å²) in [6.07, 6.45) is -1.22. The zero-order valence-electron chi connectivity index (χ0n) is 20.0. The first-order valence-corrected chi connectivity index (χ1v) is 12.6. The van der Waals surface area contributed by atoms with Gasteiger partial charge in [0.2, 0.25) is 0 Å². The molecule has 0 spiro atoms. The van der Waals surface area contributed by atoms with E-state index in [1.54, 1.807) is 25.1 Å². The van der Waals surface area contributed by atoms with Crippen LogP contribution in [0, 0.1) is 6.57 Å². The van der Waals surface area contributed by atoms with E-state index < -0.39 is 12.2 Å². The van der Waals surface area contributed by atoms with Crippen molar-refractivity contribution < 1.29 is 14.9 Å². The van der Waals surface area contributed by atoms with E-state index in [9.17, 15) is 10.2 Å². The number of hydrogen-bond donors (Lipinski definition) is 2. The molecule has 188 valence electrons. The molecule has 1 saturated heterocycles. The molecule has 0 aromatic heterocycles. The summed E-state index contributed by atoms with van der Waals surface area (Å²) in [7, 11) is 0. The molecule has 1 heterocycles. The van der Waals surface area contributed by atoms with Gasteiger partial charge in [0.1, 0.15) is 12.4 Å². The van der Waals surface area contributed by atoms with Crippen LogP contribution in [0.1, 0.15) is 30.2 Å². The molecule has 1 fully saturated rings. The number of benzene rings is 3. The topological polar surface area (TPSA) is 60.5 Å². The number of piperazine rings is 1. The van der Waals surface area contributed by atoms with Gasteiger partial charge in [-0.25, -0.2) is 4.85 Å². The summed E-state index contributed by atoms with van der Waals surface area (Å²) in [5.74, 6) is 0.610. The molecule has 1 aliphatic rings. The van der Waals surface area contributed by atoms with Gasteiger partial charge in [0, 0.05) is 37.3 Å². The number of hydrogen-bond acceptors (Lipinski definition) is 5. The molecule has 6 nitrogen and oxygen atoms in total. The van der Waals surface area contributed by atoms with Crippen molar-refractivity contribution in [3.63, 3.8) is 0 Å². The average Bonchev–Trinajstić information content (AvgIpc) is 2.88. The lowest BCUT2D eigenvalue weighted by Gasteiger charge is -2.44. The molecule has 4 rings (SSSR count). The van der Waals surface area contributed by atoms with Crippen LogP contribution in [0.3, 0.4) is 0 Å². The molecular formula is C28H29Cl2N3O3. The van der Waals surface area contributed by atoms with Gasteiger partial charge in [0.15, 0.2) is 5.69 Å². The third-order valence-electron chi connectivity index (χ3n) is 6.28. The Morgan fingerprint density at radius 2 is 1.75 bits per heavy atom. The van der Waals surface area contributed by atoms with Crippen molar-refractivity contribution in [2.75, 3.05) is 37.7 Å². The largest absolute Gasteiger partial charge is 0.491 e. The van der Waals surface area contributed by atoms with Gasteiger partial charge in [-0.3, -0.25) is 4.90 Å². The number of β-amino-alcohol motifs (C(OH)–C–C–N with tert-alkyl or cyclic N) is 1. The highest BCUT2D eigenvalue weighted by atomic mass is 35.5. The lowest BCUT2D eigenvalue weighted by atomic mass is 10.00. The van der Waals surface area contributed by atoms with Gasteiger partial charge in [0.25, 0.3) is 0 Å². The molecule has 0 radical (unpaired) electrons. The molecule has 36 heavy (non-hydrogen) atoms. The number of rotatable bonds is 8. The smallest absolute Gasteiger partial charge is 0.187 e. The van der Waals surface area contributed by atoms with E-state index in [2.05, 4.69) is 14.6 Å². The Morgan fingerprint density at radius 1 is 1.03 bits per heavy atom. The van der Waals surface area contributed by atoms with Crippen molar-refractivity contribution in [1.29, 1.82) is 0 Å². The molecule has 3 aromatic rings. The van der Waals surface area contributed by atoms with E-state index in [1.807, 2.05) is 48.5 Å². The Balaban J connectivity index is 1.54. The van der Waals surface area contributed by atoms with Crippen LogP contribution in [0.4, 0.5) is 11.4 Å². The van der Waals surface area contributed by atoms with Crippen LogP contribution in [0.15, 0.2) is 66.7 Å². The van der Waals surface area contributed by atoms with Gasteiger partial charge < -0.3 is 19.8 Å². The van der Waals surface area contributed by atoms with E-state index in [1.165, 1.54) is 0 Å². The van der Waals surface area contributed by atoms with Crippen LogP contribution in [-0.2, 0) is 0 Å². The van der Waals surface area contributed by atoms with E-state index in [0.717, 1.165) is 23.4 Å². The molecule has 0 aliphatic carbocycles. The third kappa shape index (κ3) is 6.50. The normalized spacial score (nSPS) is 17.9. The maximum atomic E-state index is 10.9. The van der Waals surface area contributed by atoms with Crippen LogP contribution >= 0.6 is 23.2 Å². The van der Waals surface area contributed by atoms with Gasteiger partial charge >= 0.3 is 0 Å². The number of nitrogens with zero attached hydrogens (tertiary/aromatic N) is 3. The predicted molar refractivity (Wildman–Crippen MR) is 144 cm³/mol. The highest BCUT2D eigenvalue weighted by Gasteiger charge is 2.31. The summed E-state index contributed by atoms with van der Waals surface area (Å²) in [5.41, 5.74) is 3.35. The maximum Gasteiger partial charge on any atom is 0.187 e. The minimum atomic E-state index is -0.656. The third-order valence-corrected chi connectivity index (χ3v) is 6.83. The maximum absolute atomic E-state index is 10.9. The zero-order valence-corrected chi connectivity index (χ0v) is 21.5. The zero-order chi connectivity index (χ0) is 25.7. The average molecular weight is 526 g/mol. The molecule has 0 bridgehead atoms. The Bertz CT molecular complexity index is 1200. The molecule has 0 unspecified atom stereocenters. The number of aliphatic hydroxyl groups excluding tert-OH is 2. The molecule has 8 heteroatoms. The lowest BCUT2D eigenvalue weighted by Crippen LogP contribution is -2.49. The van der Waals surface area contributed by atoms with Crippen LogP contribution < -0.4 is 9.64 Å². The fourth-order valence-corrected chi connectivity index (χ4v) is 4.82. The quantitative estimate of drug-likeness (QED) is 0.358. The fraction of sp³-hybridized carbons (Fsp3) is 0.321. The number of aliphatic hydroxyl groups is 2. The Hall–Kier alpha value is -2.79. The predicted octanol–water partition coefficient (Wildman–Crippen LogP) is 5.90. The van der Waals surface area contributed by atoms with E-state index in [4.69, 9.17) is 34.5 Å².